The summed E-state index contributed by atoms with van der Waals surface area (Å²) >= 11 is 1.22. The number of aliphatic carboxylic acids is 3. The summed E-state index contributed by atoms with van der Waals surface area (Å²) in [6, 6.07) is 4.01. The smallest absolute Gasteiger partial charge is 0.426 e. The number of benzene rings is 2. The zero-order valence-electron chi connectivity index (χ0n) is 74.3. The monoisotopic (exact) mass is 1910 g/mol. The molecule has 4 heterocycles. The van der Waals surface area contributed by atoms with Gasteiger partial charge in [-0.2, -0.15) is 4.98 Å². The first-order valence-corrected chi connectivity index (χ1v) is 46.4. The first-order valence-electron chi connectivity index (χ1n) is 43.0. The van der Waals surface area contributed by atoms with Gasteiger partial charge in [-0.1, -0.05) is 95.0 Å². The van der Waals surface area contributed by atoms with Gasteiger partial charge in [0.05, 0.1) is 79.2 Å². The van der Waals surface area contributed by atoms with Crippen LogP contribution in [0.1, 0.15) is 181 Å². The predicted molar refractivity (Wildman–Crippen MR) is 478 cm³/mol. The maximum absolute atomic E-state index is 15.0. The molecule has 0 spiro atoms. The number of nitrogens with two attached hydrogens (primary N) is 1. The number of nitrogens with one attached hydrogen (secondary N) is 8. The van der Waals surface area contributed by atoms with Gasteiger partial charge in [0.2, 0.25) is 29.6 Å². The largest absolute Gasteiger partial charge is 0.508 e. The van der Waals surface area contributed by atoms with Gasteiger partial charge < -0.3 is 108 Å². The molecule has 1 fully saturated rings. The molecule has 22 N–H and O–H groups in total. The van der Waals surface area contributed by atoms with E-state index in [-0.39, 0.29) is 121 Å². The fourth-order valence-corrected chi connectivity index (χ4v) is 17.4. The van der Waals surface area contributed by atoms with E-state index in [1.807, 2.05) is 58.8 Å². The summed E-state index contributed by atoms with van der Waals surface area (Å²) in [5.74, 6) is -21.8. The van der Waals surface area contributed by atoms with Crippen LogP contribution in [0.4, 0.5) is 16.4 Å². The highest BCUT2D eigenvalue weighted by Gasteiger charge is 2.44. The summed E-state index contributed by atoms with van der Waals surface area (Å²) in [6.45, 7) is 10.7. The fourth-order valence-electron chi connectivity index (χ4n) is 14.5. The van der Waals surface area contributed by atoms with E-state index in [4.69, 9.17) is 20.2 Å². The van der Waals surface area contributed by atoms with Gasteiger partial charge in [0, 0.05) is 90.1 Å². The van der Waals surface area contributed by atoms with E-state index in [0.717, 1.165) is 41.0 Å². The van der Waals surface area contributed by atoms with Crippen molar-refractivity contribution in [1.29, 1.82) is 0 Å². The molecule has 6 rings (SSSR count). The third-order valence-corrected chi connectivity index (χ3v) is 25.9. The number of carbonyl (C=O) groups is 14. The number of ketones is 3. The normalized spacial score (nSPS) is 16.8. The molecular formula is C85H121N15O29S3. The lowest BCUT2D eigenvalue weighted by atomic mass is 9.82. The number of esters is 1. The number of anilines is 2. The van der Waals surface area contributed by atoms with Crippen molar-refractivity contribution in [2.75, 3.05) is 62.7 Å². The van der Waals surface area contributed by atoms with Crippen LogP contribution in [0.15, 0.2) is 64.9 Å². The number of aliphatic hydroxyl groups excluding tert-OH is 8. The van der Waals surface area contributed by atoms with Gasteiger partial charge in [0.25, 0.3) is 17.4 Å². The Morgan fingerprint density at radius 1 is 0.689 bits per heavy atom. The molecule has 44 nitrogen and oxygen atoms in total. The highest BCUT2D eigenvalue weighted by atomic mass is 33.1. The number of Topliss-reactive ketones (excluding diaryl/α,β-unsaturated/α-hetero) is 3. The molecule has 3 unspecified atom stereocenters. The van der Waals surface area contributed by atoms with Gasteiger partial charge in [0.15, 0.2) is 29.5 Å². The number of nitrogen functional groups attached to an aromatic ring is 1. The number of aliphatic hydroxyl groups is 8. The van der Waals surface area contributed by atoms with E-state index in [1.165, 1.54) is 60.9 Å². The summed E-state index contributed by atoms with van der Waals surface area (Å²) in [4.78, 5) is 225. The second-order valence-corrected chi connectivity index (χ2v) is 36.4. The molecule has 1 saturated heterocycles. The van der Waals surface area contributed by atoms with E-state index in [1.54, 1.807) is 22.4 Å². The number of aromatic nitrogens is 5. The third kappa shape index (κ3) is 34.2. The number of rotatable bonds is 57. The number of carbonyl (C=O) groups excluding carboxylic acids is 11. The molecule has 132 heavy (non-hydrogen) atoms. The van der Waals surface area contributed by atoms with Crippen molar-refractivity contribution in [1.82, 2.24) is 66.8 Å². The molecule has 728 valence electrons. The molecule has 7 amide bonds. The Hall–Kier alpha value is -11.0. The number of carboxylic acid groups (broad SMARTS) is 3. The van der Waals surface area contributed by atoms with E-state index in [0.29, 0.717) is 47.6 Å². The summed E-state index contributed by atoms with van der Waals surface area (Å²) in [5.41, 5.74) is 10.7. The Balaban J connectivity index is 1.03. The SMILES string of the molecule is CCCC(=O)OCN(C(=O)[C@@H](CC(=O)[C@H]1CCCCN1C)C(C)CC)[C@H](C[C@@H](C)c1nc(C(=O)N[C@@H](Cc2ccc(O)cc2)C[C@H](C)C(=O)NNC(=O)OCCSSC[C@@H](NC(=O)C(CC(=O)[C@H](CC(=O)O)NC(=O)C(CC(=O)CC[C@H](NC(=O)c2ccc(NCc3cnc4nc(N)[nH]c(=O)c4n3)cc2)C(=O)O)[C@@H](O)[C@H](O)[C@H](O)CO)[C@@H](O)[C@H](O)[C@H](O)CO)C(=O)O)cs1)C(C)C. The van der Waals surface area contributed by atoms with Crippen LogP contribution in [0.2, 0.25) is 0 Å². The van der Waals surface area contributed by atoms with Crippen molar-refractivity contribution < 1.29 is 138 Å². The van der Waals surface area contributed by atoms with Crippen LogP contribution >= 0.6 is 32.9 Å². The highest BCUT2D eigenvalue weighted by molar-refractivity contribution is 8.76. The van der Waals surface area contributed by atoms with Crippen molar-refractivity contribution >= 4 is 138 Å². The van der Waals surface area contributed by atoms with Crippen LogP contribution in [0.3, 0.4) is 0 Å². The Morgan fingerprint density at radius 3 is 1.92 bits per heavy atom. The number of likely N-dealkylation sites (N-methyl/N-ethyl adjacent to an activating group) is 1. The van der Waals surface area contributed by atoms with Gasteiger partial charge >= 0.3 is 30.0 Å². The van der Waals surface area contributed by atoms with Crippen LogP contribution in [0.25, 0.3) is 11.2 Å². The number of phenols is 1. The lowest BCUT2D eigenvalue weighted by Crippen LogP contribution is -2.55. The van der Waals surface area contributed by atoms with Crippen molar-refractivity contribution in [3.63, 3.8) is 0 Å². The summed E-state index contributed by atoms with van der Waals surface area (Å²) in [6.07, 6.45) is -15.5. The predicted octanol–water partition coefficient (Wildman–Crippen LogP) is 0.822. The van der Waals surface area contributed by atoms with Crippen LogP contribution in [-0.2, 0) is 75.2 Å². The molecule has 18 atom stereocenters. The highest BCUT2D eigenvalue weighted by Crippen LogP contribution is 2.34. The van der Waals surface area contributed by atoms with Gasteiger partial charge in [-0.25, -0.2) is 34.8 Å². The molecule has 0 radical (unpaired) electrons. The number of thiazole rings is 1. The number of phenolic OH excluding ortho intramolecular Hbond substituents is 1. The van der Waals surface area contributed by atoms with Crippen molar-refractivity contribution in [2.45, 2.75) is 230 Å². The molecule has 0 saturated carbocycles. The molecular weight excluding hydrogens is 1790 g/mol. The Bertz CT molecular complexity index is 4790. The van der Waals surface area contributed by atoms with Gasteiger partial charge in [-0.15, -0.1) is 11.3 Å². The zero-order valence-corrected chi connectivity index (χ0v) is 76.7. The number of ether oxygens (including phenoxy) is 2. The van der Waals surface area contributed by atoms with E-state index < -0.39 is 218 Å². The molecule has 0 aliphatic carbocycles. The second kappa shape index (κ2) is 54.2. The number of hydrazine groups is 1. The standard InChI is InChI=1S/C85H121N15O29S3/c1-9-13-67(111)129-41-100(81(122)53(43(5)10-2)32-63(106)60-14-11-12-25-99(60)8)61(42(3)4)29-45(7)80-94-58(39-130-80)78(120)90-49(30-46-15-21-51(103)22-16-46)28-44(6)74(116)97-98-85(127)128-26-27-131-132-40-59(83(125)126)93-77(119)55(70(113)72(115)65(108)38-102)33-62(105)57(34-66(109)110)92-76(118)54(69(112)71(114)64(107)37-101)31-52(104)23-24-56(82(123)124)91-75(117)47-17-19-48(20-18-47)87-35-50-36-88-73-68(89-50)79(121)96-84(86)95-73/h15-22,36,39,42-45,49,53-57,59-61,64-65,69-72,87,101-103,107-108,112-115H,9-14,23-35,37-38,40-41H2,1-8H3,(H,90,120)(H,91,117)(H,92,118)(H,93,119)(H,97,116)(H,98,127)(H,109,110)(H,123,124)(H,125,126)(H3,86,88,95,96,121)/t43?,44-,45+,49+,53-,54?,55?,56-,57-,59+,60+,61+,64+,65+,69+,70+,71+,72+/m0/s1. The maximum atomic E-state index is 15.0. The maximum Gasteiger partial charge on any atom is 0.426 e. The van der Waals surface area contributed by atoms with Crippen LogP contribution in [-0.4, -0.2) is 303 Å². The zero-order chi connectivity index (χ0) is 97.9. The Kier molecular flexibility index (Phi) is 45.1. The molecule has 5 aromatic rings. The average molecular weight is 1910 g/mol. The van der Waals surface area contributed by atoms with Crippen molar-refractivity contribution in [2.24, 2.45) is 35.5 Å². The minimum atomic E-state index is -2.60. The van der Waals surface area contributed by atoms with E-state index in [9.17, 15) is 128 Å². The second-order valence-electron chi connectivity index (χ2n) is 32.9. The van der Waals surface area contributed by atoms with E-state index in [2.05, 4.69) is 52.1 Å². The number of aromatic amines is 1. The van der Waals surface area contributed by atoms with Crippen LogP contribution in [0.5, 0.6) is 5.75 Å². The number of fused-ring (bicyclic) bond motifs is 1. The molecule has 1 aliphatic rings. The number of carboxylic acids is 3. The van der Waals surface area contributed by atoms with Gasteiger partial charge in [0.1, 0.15) is 60.3 Å². The summed E-state index contributed by atoms with van der Waals surface area (Å²) < 4.78 is 10.9. The molecule has 0 bridgehead atoms. The lowest BCUT2D eigenvalue weighted by Gasteiger charge is -2.39. The number of amides is 7. The topological polar surface area (TPSA) is 701 Å². The number of piperidine rings is 1. The summed E-state index contributed by atoms with van der Waals surface area (Å²) in [5, 5.41) is 139. The van der Waals surface area contributed by atoms with Crippen LogP contribution < -0.4 is 48.7 Å². The quantitative estimate of drug-likeness (QED) is 0.00842. The number of hydrogen-bond acceptors (Lipinski definition) is 36. The average Bonchev–Trinajstić information content (AvgIpc) is 1.57. The van der Waals surface area contributed by atoms with Crippen molar-refractivity contribution in [3.05, 3.63) is 98.0 Å². The number of aromatic hydroxyl groups is 1. The Labute approximate surface area is 771 Å². The number of H-pyrrole nitrogens is 1. The molecule has 2 aromatic carbocycles. The van der Waals surface area contributed by atoms with E-state index >= 15 is 4.79 Å². The van der Waals surface area contributed by atoms with Crippen molar-refractivity contribution in [3.8, 4) is 5.75 Å². The third-order valence-electron chi connectivity index (χ3n) is 22.4. The summed E-state index contributed by atoms with van der Waals surface area (Å²) in [7, 11) is 3.58. The van der Waals surface area contributed by atoms with Crippen LogP contribution in [0, 0.1) is 35.5 Å². The first kappa shape index (κ1) is 110. The number of hydrogen-bond donors (Lipinski definition) is 21. The fraction of sp³-hybridized carbons (Fsp3) is 0.588. The van der Waals surface area contributed by atoms with Gasteiger partial charge in [-0.3, -0.25) is 72.8 Å². The first-order chi connectivity index (χ1) is 62.5. The molecule has 3 aromatic heterocycles. The van der Waals surface area contributed by atoms with Gasteiger partial charge in [-0.05, 0) is 112 Å². The molecule has 1 aliphatic heterocycles. The molecule has 47 heteroatoms. The minimum Gasteiger partial charge on any atom is -0.508 e. The number of likely N-dealkylation sites (tertiary alicyclic amines) is 1. The lowest BCUT2D eigenvalue weighted by molar-refractivity contribution is -0.160. The number of nitrogens with zero attached hydrogens (tertiary/aromatic N) is 6. The Morgan fingerprint density at radius 2 is 1.33 bits per heavy atom. The minimum absolute atomic E-state index is 0.00461.